The molecule has 0 saturated carbocycles. The molecule has 1 amide bonds. The van der Waals surface area contributed by atoms with Gasteiger partial charge >= 0.3 is 6.09 Å². The van der Waals surface area contributed by atoms with Crippen molar-refractivity contribution in [2.45, 2.75) is 25.2 Å². The van der Waals surface area contributed by atoms with E-state index in [0.717, 1.165) is 12.3 Å². The number of nitrogens with zero attached hydrogens (tertiary/aromatic N) is 7. The second kappa shape index (κ2) is 9.18. The molecule has 176 valence electrons. The van der Waals surface area contributed by atoms with Gasteiger partial charge in [-0.1, -0.05) is 16.4 Å². The van der Waals surface area contributed by atoms with Crippen molar-refractivity contribution in [1.82, 2.24) is 24.9 Å². The highest BCUT2D eigenvalue weighted by Crippen LogP contribution is 2.29. The van der Waals surface area contributed by atoms with E-state index in [4.69, 9.17) is 9.57 Å². The standard InChI is InChI=1S/C23H24FN7O3/c1-29(2)12-17-10-22(27-34-17)21-6-3-15(11-25-21)19-5-4-16(9-20(19)24)31-14-18(33-23(31)32)13-30-8-7-26-28-30/h3-9,11,17-18H,10,12-14H2,1-2H3/t17-,18-/m0/s1. The number of ether oxygens (including phenoxy) is 1. The lowest BCUT2D eigenvalue weighted by Crippen LogP contribution is -2.26. The summed E-state index contributed by atoms with van der Waals surface area (Å²) in [5.41, 5.74) is 2.94. The third kappa shape index (κ3) is 4.60. The number of anilines is 1. The Morgan fingerprint density at radius 1 is 1.21 bits per heavy atom. The van der Waals surface area contributed by atoms with Crippen LogP contribution in [0.25, 0.3) is 11.1 Å². The zero-order valence-corrected chi connectivity index (χ0v) is 18.8. The summed E-state index contributed by atoms with van der Waals surface area (Å²) >= 11 is 0. The fourth-order valence-electron chi connectivity index (χ4n) is 4.08. The molecule has 0 radical (unpaired) electrons. The molecular weight excluding hydrogens is 441 g/mol. The molecule has 0 N–H and O–H groups in total. The molecule has 11 heteroatoms. The van der Waals surface area contributed by atoms with Crippen LogP contribution in [-0.4, -0.2) is 76.1 Å². The van der Waals surface area contributed by atoms with Crippen molar-refractivity contribution in [3.8, 4) is 11.1 Å². The van der Waals surface area contributed by atoms with Gasteiger partial charge in [-0.2, -0.15) is 0 Å². The summed E-state index contributed by atoms with van der Waals surface area (Å²) in [5, 5.41) is 11.8. The maximum Gasteiger partial charge on any atom is 0.414 e. The van der Waals surface area contributed by atoms with Gasteiger partial charge in [-0.15, -0.1) is 5.10 Å². The Hall–Kier alpha value is -3.86. The SMILES string of the molecule is CN(C)C[C@@H]1CC(c2ccc(-c3ccc(N4C[C@H](Cn5ccnn5)OC4=O)cc3F)cn2)=NO1. The topological polar surface area (TPSA) is 98.0 Å². The Morgan fingerprint density at radius 3 is 2.79 bits per heavy atom. The van der Waals surface area contributed by atoms with Crippen LogP contribution in [0, 0.1) is 5.82 Å². The number of halogens is 1. The van der Waals surface area contributed by atoms with E-state index in [2.05, 4.69) is 20.5 Å². The quantitative estimate of drug-likeness (QED) is 0.529. The summed E-state index contributed by atoms with van der Waals surface area (Å²) in [6.07, 6.45) is 4.64. The number of likely N-dealkylation sites (N-methyl/N-ethyl adjacent to an activating group) is 1. The monoisotopic (exact) mass is 465 g/mol. The Labute approximate surface area is 195 Å². The summed E-state index contributed by atoms with van der Waals surface area (Å²) < 4.78 is 22.0. The zero-order chi connectivity index (χ0) is 23.7. The lowest BCUT2D eigenvalue weighted by atomic mass is 10.0. The average Bonchev–Trinajstić information content (AvgIpc) is 3.56. The van der Waals surface area contributed by atoms with Crippen molar-refractivity contribution in [2.75, 3.05) is 32.1 Å². The van der Waals surface area contributed by atoms with E-state index in [1.165, 1.54) is 11.0 Å². The number of benzene rings is 1. The summed E-state index contributed by atoms with van der Waals surface area (Å²) in [6, 6.07) is 8.30. The van der Waals surface area contributed by atoms with Gasteiger partial charge in [0.15, 0.2) is 0 Å². The minimum absolute atomic E-state index is 0.00421. The number of hydrogen-bond donors (Lipinski definition) is 0. The van der Waals surface area contributed by atoms with Crippen LogP contribution in [-0.2, 0) is 16.1 Å². The number of carbonyl (C=O) groups is 1. The maximum absolute atomic E-state index is 15.0. The second-order valence-corrected chi connectivity index (χ2v) is 8.57. The molecule has 34 heavy (non-hydrogen) atoms. The number of amides is 1. The maximum atomic E-state index is 15.0. The van der Waals surface area contributed by atoms with Gasteiger partial charge in [0.05, 0.1) is 30.7 Å². The van der Waals surface area contributed by atoms with Crippen LogP contribution >= 0.6 is 0 Å². The molecule has 0 bridgehead atoms. The van der Waals surface area contributed by atoms with Gasteiger partial charge < -0.3 is 14.5 Å². The highest BCUT2D eigenvalue weighted by atomic mass is 19.1. The third-order valence-corrected chi connectivity index (χ3v) is 5.67. The Balaban J connectivity index is 1.26. The predicted molar refractivity (Wildman–Crippen MR) is 122 cm³/mol. The van der Waals surface area contributed by atoms with Crippen molar-refractivity contribution < 1.29 is 18.8 Å². The van der Waals surface area contributed by atoms with Crippen LogP contribution in [0.5, 0.6) is 0 Å². The van der Waals surface area contributed by atoms with Crippen LogP contribution in [0.3, 0.4) is 0 Å². The number of aromatic nitrogens is 4. The molecule has 2 aliphatic rings. The van der Waals surface area contributed by atoms with Gasteiger partial charge in [0, 0.05) is 36.5 Å². The predicted octanol–water partition coefficient (Wildman–Crippen LogP) is 2.56. The molecule has 0 unspecified atom stereocenters. The van der Waals surface area contributed by atoms with Gasteiger partial charge in [0.1, 0.15) is 23.7 Å². The first-order chi connectivity index (χ1) is 16.5. The molecule has 0 aliphatic carbocycles. The first-order valence-electron chi connectivity index (χ1n) is 10.9. The first kappa shape index (κ1) is 22.0. The number of rotatable bonds is 7. The molecule has 0 spiro atoms. The summed E-state index contributed by atoms with van der Waals surface area (Å²) in [6.45, 7) is 1.45. The number of oxime groups is 1. The number of carbonyl (C=O) groups excluding carboxylic acids is 1. The molecule has 4 heterocycles. The summed E-state index contributed by atoms with van der Waals surface area (Å²) in [7, 11) is 3.97. The Kier molecular flexibility index (Phi) is 5.93. The van der Waals surface area contributed by atoms with E-state index >= 15 is 4.39 Å². The van der Waals surface area contributed by atoms with Crippen molar-refractivity contribution in [3.05, 3.63) is 60.4 Å². The van der Waals surface area contributed by atoms with Crippen LogP contribution in [0.1, 0.15) is 12.1 Å². The van der Waals surface area contributed by atoms with E-state index < -0.39 is 18.0 Å². The van der Waals surface area contributed by atoms with Crippen molar-refractivity contribution in [2.24, 2.45) is 5.16 Å². The molecule has 10 nitrogen and oxygen atoms in total. The van der Waals surface area contributed by atoms with Gasteiger partial charge in [0.25, 0.3) is 0 Å². The molecule has 1 fully saturated rings. The van der Waals surface area contributed by atoms with Crippen LogP contribution in [0.15, 0.2) is 54.1 Å². The number of cyclic esters (lactones) is 1. The van der Waals surface area contributed by atoms with Crippen LogP contribution in [0.2, 0.25) is 0 Å². The first-order valence-corrected chi connectivity index (χ1v) is 10.9. The third-order valence-electron chi connectivity index (χ3n) is 5.67. The largest absolute Gasteiger partial charge is 0.442 e. The van der Waals surface area contributed by atoms with E-state index in [-0.39, 0.29) is 6.10 Å². The molecule has 1 saturated heterocycles. The van der Waals surface area contributed by atoms with E-state index in [1.54, 1.807) is 41.5 Å². The highest BCUT2D eigenvalue weighted by molar-refractivity contribution is 5.99. The number of pyridine rings is 1. The summed E-state index contributed by atoms with van der Waals surface area (Å²) in [4.78, 5) is 25.7. The Bertz CT molecular complexity index is 1200. The normalized spacial score (nSPS) is 19.9. The summed E-state index contributed by atoms with van der Waals surface area (Å²) in [5.74, 6) is -0.452. The van der Waals surface area contributed by atoms with Gasteiger partial charge in [-0.3, -0.25) is 9.88 Å². The highest BCUT2D eigenvalue weighted by Gasteiger charge is 2.33. The average molecular weight is 465 g/mol. The van der Waals surface area contributed by atoms with Crippen molar-refractivity contribution in [1.29, 1.82) is 0 Å². The van der Waals surface area contributed by atoms with E-state index in [9.17, 15) is 4.79 Å². The molecule has 2 atom stereocenters. The van der Waals surface area contributed by atoms with Gasteiger partial charge in [-0.05, 0) is 38.4 Å². The Morgan fingerprint density at radius 2 is 2.09 bits per heavy atom. The number of hydrogen-bond acceptors (Lipinski definition) is 8. The molecular formula is C23H24FN7O3. The van der Waals surface area contributed by atoms with E-state index in [0.29, 0.717) is 42.0 Å². The smallest absolute Gasteiger partial charge is 0.414 e. The molecule has 2 aliphatic heterocycles. The van der Waals surface area contributed by atoms with Crippen LogP contribution < -0.4 is 4.90 Å². The molecule has 3 aromatic rings. The lowest BCUT2D eigenvalue weighted by Gasteiger charge is -2.14. The van der Waals surface area contributed by atoms with E-state index in [1.807, 2.05) is 25.1 Å². The van der Waals surface area contributed by atoms with Crippen molar-refractivity contribution >= 4 is 17.5 Å². The second-order valence-electron chi connectivity index (χ2n) is 8.57. The fourth-order valence-corrected chi connectivity index (χ4v) is 4.08. The minimum atomic E-state index is -0.518. The zero-order valence-electron chi connectivity index (χ0n) is 18.8. The minimum Gasteiger partial charge on any atom is -0.442 e. The molecule has 1 aromatic carbocycles. The molecule has 2 aromatic heterocycles. The lowest BCUT2D eigenvalue weighted by molar-refractivity contribution is 0.0650. The van der Waals surface area contributed by atoms with Gasteiger partial charge in [0.2, 0.25) is 0 Å². The van der Waals surface area contributed by atoms with Crippen molar-refractivity contribution in [3.63, 3.8) is 0 Å². The van der Waals surface area contributed by atoms with Gasteiger partial charge in [-0.25, -0.2) is 13.9 Å². The fraction of sp³-hybridized carbons (Fsp3) is 0.348. The van der Waals surface area contributed by atoms with Crippen LogP contribution in [0.4, 0.5) is 14.9 Å². The molecule has 5 rings (SSSR count).